The third-order valence-electron chi connectivity index (χ3n) is 4.41. The van der Waals surface area contributed by atoms with Gasteiger partial charge in [0, 0.05) is 6.04 Å². The van der Waals surface area contributed by atoms with Gasteiger partial charge in [-0.25, -0.2) is 0 Å². The van der Waals surface area contributed by atoms with Crippen LogP contribution >= 0.6 is 0 Å². The van der Waals surface area contributed by atoms with Crippen LogP contribution in [-0.4, -0.2) is 6.54 Å². The predicted octanol–water partition coefficient (Wildman–Crippen LogP) is 6.11. The Kier molecular flexibility index (Phi) is 10.2. The van der Waals surface area contributed by atoms with Crippen molar-refractivity contribution in [2.75, 3.05) is 6.54 Å². The summed E-state index contributed by atoms with van der Waals surface area (Å²) in [6, 6.07) is 11.4. The van der Waals surface area contributed by atoms with Gasteiger partial charge in [-0.05, 0) is 24.4 Å². The van der Waals surface area contributed by atoms with Gasteiger partial charge in [0.05, 0.1) is 0 Å². The molecule has 0 bridgehead atoms. The van der Waals surface area contributed by atoms with Crippen molar-refractivity contribution in [1.82, 2.24) is 5.32 Å². The molecule has 0 amide bonds. The SMILES string of the molecule is CCCCCCCCCC(C)C(NCC)c1ccccc1. The first-order chi connectivity index (χ1) is 10.3. The van der Waals surface area contributed by atoms with Crippen LogP contribution in [0.5, 0.6) is 0 Å². The first-order valence-electron chi connectivity index (χ1n) is 9.07. The summed E-state index contributed by atoms with van der Waals surface area (Å²) in [4.78, 5) is 0. The number of rotatable bonds is 12. The zero-order valence-corrected chi connectivity index (χ0v) is 14.4. The second kappa shape index (κ2) is 11.8. The highest BCUT2D eigenvalue weighted by Crippen LogP contribution is 2.26. The topological polar surface area (TPSA) is 12.0 Å². The summed E-state index contributed by atoms with van der Waals surface area (Å²) in [5.74, 6) is 0.711. The molecule has 21 heavy (non-hydrogen) atoms. The Hall–Kier alpha value is -0.820. The normalized spacial score (nSPS) is 14.0. The first kappa shape index (κ1) is 18.2. The van der Waals surface area contributed by atoms with Crippen LogP contribution in [0.2, 0.25) is 0 Å². The minimum atomic E-state index is 0.510. The Morgan fingerprint density at radius 1 is 0.857 bits per heavy atom. The van der Waals surface area contributed by atoms with E-state index in [4.69, 9.17) is 0 Å². The van der Waals surface area contributed by atoms with Crippen LogP contribution in [0.4, 0.5) is 0 Å². The van der Waals surface area contributed by atoms with Gasteiger partial charge in [0.1, 0.15) is 0 Å². The lowest BCUT2D eigenvalue weighted by Crippen LogP contribution is -2.26. The van der Waals surface area contributed by atoms with Crippen LogP contribution in [0, 0.1) is 5.92 Å². The highest BCUT2D eigenvalue weighted by atomic mass is 14.9. The van der Waals surface area contributed by atoms with Crippen LogP contribution in [0.25, 0.3) is 0 Å². The van der Waals surface area contributed by atoms with Gasteiger partial charge in [0.25, 0.3) is 0 Å². The van der Waals surface area contributed by atoms with E-state index in [1.807, 2.05) is 0 Å². The molecule has 1 nitrogen and oxygen atoms in total. The van der Waals surface area contributed by atoms with Crippen molar-refractivity contribution < 1.29 is 0 Å². The zero-order valence-electron chi connectivity index (χ0n) is 14.4. The van der Waals surface area contributed by atoms with Crippen LogP contribution in [0.3, 0.4) is 0 Å². The van der Waals surface area contributed by atoms with Crippen molar-refractivity contribution >= 4 is 0 Å². The summed E-state index contributed by atoms with van der Waals surface area (Å²) in [5.41, 5.74) is 1.44. The molecule has 120 valence electrons. The molecule has 0 saturated heterocycles. The summed E-state index contributed by atoms with van der Waals surface area (Å²) >= 11 is 0. The number of hydrogen-bond acceptors (Lipinski definition) is 1. The molecule has 0 aliphatic carbocycles. The third kappa shape index (κ3) is 7.66. The first-order valence-corrected chi connectivity index (χ1v) is 9.07. The standard InChI is InChI=1S/C20H35N/c1-4-6-7-8-9-10-12-15-18(3)20(21-5-2)19-16-13-11-14-17-19/h11,13-14,16-18,20-21H,4-10,12,15H2,1-3H3. The maximum atomic E-state index is 3.67. The highest BCUT2D eigenvalue weighted by molar-refractivity contribution is 5.19. The minimum absolute atomic E-state index is 0.510. The van der Waals surface area contributed by atoms with Gasteiger partial charge in [-0.3, -0.25) is 0 Å². The number of benzene rings is 1. The molecule has 0 aliphatic rings. The monoisotopic (exact) mass is 289 g/mol. The lowest BCUT2D eigenvalue weighted by Gasteiger charge is -2.25. The van der Waals surface area contributed by atoms with Crippen molar-refractivity contribution in [3.8, 4) is 0 Å². The van der Waals surface area contributed by atoms with Gasteiger partial charge in [-0.2, -0.15) is 0 Å². The summed E-state index contributed by atoms with van der Waals surface area (Å²) < 4.78 is 0. The lowest BCUT2D eigenvalue weighted by molar-refractivity contribution is 0.358. The van der Waals surface area contributed by atoms with Crippen LogP contribution in [-0.2, 0) is 0 Å². The molecule has 0 aliphatic heterocycles. The largest absolute Gasteiger partial charge is 0.310 e. The molecule has 0 heterocycles. The van der Waals surface area contributed by atoms with Crippen molar-refractivity contribution in [1.29, 1.82) is 0 Å². The van der Waals surface area contributed by atoms with Gasteiger partial charge in [0.2, 0.25) is 0 Å². The van der Waals surface area contributed by atoms with Gasteiger partial charge in [0.15, 0.2) is 0 Å². The van der Waals surface area contributed by atoms with Gasteiger partial charge in [-0.1, -0.05) is 96.0 Å². The van der Waals surface area contributed by atoms with Crippen molar-refractivity contribution in [2.24, 2.45) is 5.92 Å². The highest BCUT2D eigenvalue weighted by Gasteiger charge is 2.17. The smallest absolute Gasteiger partial charge is 0.0345 e. The summed E-state index contributed by atoms with van der Waals surface area (Å²) in [5, 5.41) is 3.67. The molecule has 0 fully saturated rings. The van der Waals surface area contributed by atoms with E-state index < -0.39 is 0 Å². The average molecular weight is 290 g/mol. The van der Waals surface area contributed by atoms with E-state index >= 15 is 0 Å². The van der Waals surface area contributed by atoms with Crippen molar-refractivity contribution in [3.63, 3.8) is 0 Å². The Bertz CT molecular complexity index is 333. The molecule has 0 saturated carbocycles. The van der Waals surface area contributed by atoms with E-state index in [0.29, 0.717) is 12.0 Å². The maximum absolute atomic E-state index is 3.67. The van der Waals surface area contributed by atoms with Gasteiger partial charge >= 0.3 is 0 Å². The fourth-order valence-electron chi connectivity index (χ4n) is 3.12. The van der Waals surface area contributed by atoms with Crippen LogP contribution in [0.15, 0.2) is 30.3 Å². The second-order valence-corrected chi connectivity index (χ2v) is 6.33. The third-order valence-corrected chi connectivity index (χ3v) is 4.41. The van der Waals surface area contributed by atoms with Gasteiger partial charge < -0.3 is 5.32 Å². The Balaban J connectivity index is 2.28. The van der Waals surface area contributed by atoms with Crippen LogP contribution < -0.4 is 5.32 Å². The van der Waals surface area contributed by atoms with Crippen molar-refractivity contribution in [2.45, 2.75) is 78.2 Å². The van der Waals surface area contributed by atoms with E-state index in [2.05, 4.69) is 56.4 Å². The van der Waals surface area contributed by atoms with Crippen LogP contribution in [0.1, 0.15) is 83.7 Å². The summed E-state index contributed by atoms with van der Waals surface area (Å²) in [6.45, 7) is 7.93. The van der Waals surface area contributed by atoms with E-state index in [-0.39, 0.29) is 0 Å². The molecule has 1 heteroatoms. The molecule has 1 aromatic rings. The van der Waals surface area contributed by atoms with E-state index in [1.54, 1.807) is 0 Å². The second-order valence-electron chi connectivity index (χ2n) is 6.33. The zero-order chi connectivity index (χ0) is 15.3. The number of hydrogen-bond donors (Lipinski definition) is 1. The van der Waals surface area contributed by atoms with E-state index in [1.165, 1.54) is 56.9 Å². The van der Waals surface area contributed by atoms with E-state index in [0.717, 1.165) is 6.54 Å². The molecule has 1 aromatic carbocycles. The maximum Gasteiger partial charge on any atom is 0.0345 e. The van der Waals surface area contributed by atoms with Crippen molar-refractivity contribution in [3.05, 3.63) is 35.9 Å². The summed E-state index contributed by atoms with van der Waals surface area (Å²) in [6.07, 6.45) is 11.1. The molecular formula is C20H35N. The molecule has 2 unspecified atom stereocenters. The van der Waals surface area contributed by atoms with Gasteiger partial charge in [-0.15, -0.1) is 0 Å². The minimum Gasteiger partial charge on any atom is -0.310 e. The fourth-order valence-corrected chi connectivity index (χ4v) is 3.12. The number of nitrogens with one attached hydrogen (secondary N) is 1. The van der Waals surface area contributed by atoms with E-state index in [9.17, 15) is 0 Å². The summed E-state index contributed by atoms with van der Waals surface area (Å²) in [7, 11) is 0. The molecule has 1 rings (SSSR count). The Morgan fingerprint density at radius 3 is 2.10 bits per heavy atom. The Labute approximate surface area is 132 Å². The lowest BCUT2D eigenvalue weighted by atomic mass is 9.90. The molecule has 0 radical (unpaired) electrons. The molecule has 0 spiro atoms. The predicted molar refractivity (Wildman–Crippen MR) is 94.6 cm³/mol. The number of unbranched alkanes of at least 4 members (excludes halogenated alkanes) is 6. The molecule has 1 N–H and O–H groups in total. The average Bonchev–Trinajstić information content (AvgIpc) is 2.52. The molecular weight excluding hydrogens is 254 g/mol. The molecule has 2 atom stereocenters. The quantitative estimate of drug-likeness (QED) is 0.457. The fraction of sp³-hybridized carbons (Fsp3) is 0.700. The molecule has 0 aromatic heterocycles. The Morgan fingerprint density at radius 2 is 1.48 bits per heavy atom.